The van der Waals surface area contributed by atoms with Crippen LogP contribution in [0, 0.1) is 11.7 Å². The van der Waals surface area contributed by atoms with Gasteiger partial charge in [-0.3, -0.25) is 4.79 Å². The third-order valence-corrected chi connectivity index (χ3v) is 6.02. The summed E-state index contributed by atoms with van der Waals surface area (Å²) >= 11 is 0. The number of ether oxygens (including phenoxy) is 2. The van der Waals surface area contributed by atoms with E-state index in [1.54, 1.807) is 12.3 Å². The Hall–Kier alpha value is -3.20. The molecular formula is C23H26FN5O3. The fourth-order valence-corrected chi connectivity index (χ4v) is 4.04. The number of H-pyrrole nitrogens is 1. The molecule has 2 aliphatic rings. The van der Waals surface area contributed by atoms with E-state index in [9.17, 15) is 9.18 Å². The number of amides is 1. The Balaban J connectivity index is 1.51. The van der Waals surface area contributed by atoms with Crippen LogP contribution in [-0.4, -0.2) is 53.7 Å². The molecule has 1 aliphatic carbocycles. The Morgan fingerprint density at radius 1 is 1.25 bits per heavy atom. The van der Waals surface area contributed by atoms with Gasteiger partial charge < -0.3 is 25.1 Å². The van der Waals surface area contributed by atoms with Crippen molar-refractivity contribution in [2.75, 3.05) is 26.8 Å². The molecule has 0 unspecified atom stereocenters. The van der Waals surface area contributed by atoms with Crippen LogP contribution in [0.5, 0.6) is 11.5 Å². The molecular weight excluding hydrogens is 413 g/mol. The van der Waals surface area contributed by atoms with Crippen LogP contribution in [-0.2, 0) is 0 Å². The van der Waals surface area contributed by atoms with Crippen LogP contribution in [0.4, 0.5) is 4.39 Å². The molecule has 1 aliphatic heterocycles. The number of nitrogens with one attached hydrogen (secondary N) is 3. The van der Waals surface area contributed by atoms with Crippen molar-refractivity contribution in [3.63, 3.8) is 0 Å². The van der Waals surface area contributed by atoms with Crippen molar-refractivity contribution in [1.29, 1.82) is 0 Å². The minimum absolute atomic E-state index is 0.0892. The number of rotatable bonds is 7. The average molecular weight is 439 g/mol. The van der Waals surface area contributed by atoms with Crippen molar-refractivity contribution in [3.8, 4) is 22.8 Å². The normalized spacial score (nSPS) is 18.5. The van der Waals surface area contributed by atoms with Gasteiger partial charge in [-0.25, -0.2) is 14.4 Å². The maximum Gasteiger partial charge on any atom is 0.255 e. The zero-order valence-electron chi connectivity index (χ0n) is 17.9. The number of aromatic amines is 1. The van der Waals surface area contributed by atoms with E-state index in [0.29, 0.717) is 46.1 Å². The van der Waals surface area contributed by atoms with Crippen molar-refractivity contribution < 1.29 is 18.7 Å². The number of benzene rings is 1. The summed E-state index contributed by atoms with van der Waals surface area (Å²) in [5.74, 6) is 0.314. The molecule has 5 rings (SSSR count). The number of carbonyl (C=O) groups excluding carboxylic acids is 1. The molecule has 0 radical (unpaired) electrons. The summed E-state index contributed by atoms with van der Waals surface area (Å²) in [6, 6.07) is 3.00. The van der Waals surface area contributed by atoms with E-state index in [1.165, 1.54) is 19.5 Å². The first-order valence-electron chi connectivity index (χ1n) is 11.0. The van der Waals surface area contributed by atoms with Crippen molar-refractivity contribution in [1.82, 2.24) is 25.6 Å². The van der Waals surface area contributed by atoms with Gasteiger partial charge in [-0.05, 0) is 44.2 Å². The smallest absolute Gasteiger partial charge is 0.255 e. The summed E-state index contributed by atoms with van der Waals surface area (Å²) < 4.78 is 25.6. The van der Waals surface area contributed by atoms with Gasteiger partial charge in [0.05, 0.1) is 24.8 Å². The molecule has 0 bridgehead atoms. The lowest BCUT2D eigenvalue weighted by Gasteiger charge is -2.23. The highest BCUT2D eigenvalue weighted by atomic mass is 19.1. The Bertz CT molecular complexity index is 1140. The van der Waals surface area contributed by atoms with Gasteiger partial charge in [0, 0.05) is 30.4 Å². The maximum absolute atomic E-state index is 14.4. The highest BCUT2D eigenvalue weighted by Crippen LogP contribution is 2.39. The highest BCUT2D eigenvalue weighted by molar-refractivity contribution is 6.08. The van der Waals surface area contributed by atoms with Crippen LogP contribution in [0.25, 0.3) is 22.3 Å². The molecule has 1 atom stereocenters. The molecule has 2 fully saturated rings. The van der Waals surface area contributed by atoms with E-state index >= 15 is 0 Å². The van der Waals surface area contributed by atoms with Crippen molar-refractivity contribution >= 4 is 16.9 Å². The van der Waals surface area contributed by atoms with E-state index in [1.807, 2.05) is 0 Å². The third-order valence-electron chi connectivity index (χ3n) is 6.02. The second kappa shape index (κ2) is 8.74. The van der Waals surface area contributed by atoms with Crippen molar-refractivity contribution in [3.05, 3.63) is 36.0 Å². The fraction of sp³-hybridized carbons (Fsp3) is 0.435. The summed E-state index contributed by atoms with van der Waals surface area (Å²) in [4.78, 5) is 24.8. The number of carbonyl (C=O) groups is 1. The Morgan fingerprint density at radius 2 is 2.12 bits per heavy atom. The van der Waals surface area contributed by atoms with Crippen molar-refractivity contribution in [2.24, 2.45) is 5.92 Å². The molecule has 1 saturated heterocycles. The first-order valence-corrected chi connectivity index (χ1v) is 11.0. The van der Waals surface area contributed by atoms with Crippen LogP contribution < -0.4 is 20.1 Å². The molecule has 2 aromatic heterocycles. The Kier molecular flexibility index (Phi) is 5.65. The molecule has 3 aromatic rings. The van der Waals surface area contributed by atoms with Gasteiger partial charge in [-0.1, -0.05) is 0 Å². The molecule has 168 valence electrons. The quantitative estimate of drug-likeness (QED) is 0.523. The Morgan fingerprint density at radius 3 is 2.88 bits per heavy atom. The first kappa shape index (κ1) is 20.7. The van der Waals surface area contributed by atoms with Gasteiger partial charge in [-0.15, -0.1) is 0 Å². The largest absolute Gasteiger partial charge is 0.494 e. The van der Waals surface area contributed by atoms with Crippen LogP contribution in [0.3, 0.4) is 0 Å². The summed E-state index contributed by atoms with van der Waals surface area (Å²) in [5.41, 5.74) is 2.65. The minimum Gasteiger partial charge on any atom is -0.494 e. The molecule has 1 amide bonds. The van der Waals surface area contributed by atoms with Gasteiger partial charge in [-0.2, -0.15) is 0 Å². The fourth-order valence-electron chi connectivity index (χ4n) is 4.04. The average Bonchev–Trinajstić information content (AvgIpc) is 3.54. The summed E-state index contributed by atoms with van der Waals surface area (Å²) in [6.45, 7) is 2.26. The number of hydrogen-bond donors (Lipinski definition) is 3. The van der Waals surface area contributed by atoms with E-state index in [2.05, 4.69) is 25.6 Å². The molecule has 3 heterocycles. The monoisotopic (exact) mass is 439 g/mol. The van der Waals surface area contributed by atoms with Crippen LogP contribution in [0.15, 0.2) is 24.7 Å². The number of nitrogens with zero attached hydrogens (tertiary/aromatic N) is 2. The molecule has 1 saturated carbocycles. The predicted octanol–water partition coefficient (Wildman–Crippen LogP) is 3.04. The molecule has 8 nitrogen and oxygen atoms in total. The molecule has 1 aromatic carbocycles. The number of methoxy groups -OCH3 is 1. The van der Waals surface area contributed by atoms with E-state index in [4.69, 9.17) is 9.47 Å². The zero-order valence-corrected chi connectivity index (χ0v) is 17.9. The van der Waals surface area contributed by atoms with Gasteiger partial charge in [0.15, 0.2) is 11.6 Å². The zero-order chi connectivity index (χ0) is 22.1. The number of aromatic nitrogens is 3. The van der Waals surface area contributed by atoms with E-state index in [0.717, 1.165) is 38.8 Å². The van der Waals surface area contributed by atoms with Crippen molar-refractivity contribution in [2.45, 2.75) is 31.7 Å². The van der Waals surface area contributed by atoms with Gasteiger partial charge in [0.2, 0.25) is 0 Å². The van der Waals surface area contributed by atoms with Crippen LogP contribution in [0.2, 0.25) is 0 Å². The lowest BCUT2D eigenvalue weighted by molar-refractivity contribution is 0.0932. The Labute approximate surface area is 184 Å². The van der Waals surface area contributed by atoms with E-state index < -0.39 is 5.82 Å². The van der Waals surface area contributed by atoms with Crippen LogP contribution >= 0.6 is 0 Å². The second-order valence-corrected chi connectivity index (χ2v) is 8.40. The molecule has 0 spiro atoms. The van der Waals surface area contributed by atoms with Gasteiger partial charge >= 0.3 is 0 Å². The van der Waals surface area contributed by atoms with Gasteiger partial charge in [0.1, 0.15) is 23.3 Å². The standard InChI is InChI=1S/C23H26FN5O3/c1-31-19-7-15(18(8-17(19)24)32-11-13-4-5-13)20-22-21(28-12-27-20)16(10-26-22)23(30)29-14-3-2-6-25-9-14/h7-8,10,12-14,25-26H,2-6,9,11H2,1H3,(H,29,30)/t14-/m1/s1. The number of hydrogen-bond acceptors (Lipinski definition) is 6. The van der Waals surface area contributed by atoms with Crippen LogP contribution in [0.1, 0.15) is 36.0 Å². The maximum atomic E-state index is 14.4. The third kappa shape index (κ3) is 4.12. The highest BCUT2D eigenvalue weighted by Gasteiger charge is 2.25. The predicted molar refractivity (Wildman–Crippen MR) is 117 cm³/mol. The molecule has 32 heavy (non-hydrogen) atoms. The minimum atomic E-state index is -0.500. The second-order valence-electron chi connectivity index (χ2n) is 8.40. The SMILES string of the molecule is COc1cc(-c2ncnc3c(C(=O)N[C@@H]4CCCNC4)c[nH]c23)c(OCC2CC2)cc1F. The van der Waals surface area contributed by atoms with E-state index in [-0.39, 0.29) is 17.7 Å². The summed E-state index contributed by atoms with van der Waals surface area (Å²) in [6.07, 6.45) is 7.26. The molecule has 9 heteroatoms. The number of fused-ring (bicyclic) bond motifs is 1. The summed E-state index contributed by atoms with van der Waals surface area (Å²) in [7, 11) is 1.42. The lowest BCUT2D eigenvalue weighted by atomic mass is 10.1. The summed E-state index contributed by atoms with van der Waals surface area (Å²) in [5, 5.41) is 6.37. The topological polar surface area (TPSA) is 101 Å². The lowest BCUT2D eigenvalue weighted by Crippen LogP contribution is -2.45. The van der Waals surface area contributed by atoms with Gasteiger partial charge in [0.25, 0.3) is 5.91 Å². The number of piperidine rings is 1. The molecule has 3 N–H and O–H groups in total. The number of halogens is 1. The first-order chi connectivity index (χ1) is 15.6.